The molecule has 1 saturated heterocycles. The number of methoxy groups -OCH3 is 1. The summed E-state index contributed by atoms with van der Waals surface area (Å²) in [4.78, 5) is 13.2. The van der Waals surface area contributed by atoms with Crippen LogP contribution in [0.2, 0.25) is 0 Å². The maximum absolute atomic E-state index is 14.1. The predicted octanol–water partition coefficient (Wildman–Crippen LogP) is 2.65. The van der Waals surface area contributed by atoms with E-state index in [1.807, 2.05) is 0 Å². The van der Waals surface area contributed by atoms with Gasteiger partial charge < -0.3 is 14.3 Å². The third-order valence-corrected chi connectivity index (χ3v) is 4.11. The molecular weight excluding hydrogens is 320 g/mol. The Morgan fingerprint density at radius 1 is 1.38 bits per heavy atom. The number of aliphatic hydroxyl groups is 1. The molecule has 0 spiro atoms. The Bertz CT molecular complexity index is 746. The van der Waals surface area contributed by atoms with E-state index in [9.17, 15) is 18.7 Å². The molecule has 1 aromatic carbocycles. The fourth-order valence-corrected chi connectivity index (χ4v) is 3.02. The quantitative estimate of drug-likeness (QED) is 0.869. The van der Waals surface area contributed by atoms with Crippen LogP contribution in [-0.2, 0) is 11.3 Å². The van der Waals surface area contributed by atoms with Gasteiger partial charge in [0.25, 0.3) is 0 Å². The van der Waals surface area contributed by atoms with Gasteiger partial charge in [-0.25, -0.2) is 13.6 Å². The first-order valence-corrected chi connectivity index (χ1v) is 7.52. The van der Waals surface area contributed by atoms with Crippen LogP contribution in [0.25, 0.3) is 0 Å². The molecule has 1 fully saturated rings. The van der Waals surface area contributed by atoms with Crippen molar-refractivity contribution in [3.05, 3.63) is 59.1 Å². The van der Waals surface area contributed by atoms with Gasteiger partial charge in [-0.3, -0.25) is 4.90 Å². The lowest BCUT2D eigenvalue weighted by molar-refractivity contribution is 0.0560. The molecule has 24 heavy (non-hydrogen) atoms. The Labute approximate surface area is 137 Å². The Morgan fingerprint density at radius 3 is 2.92 bits per heavy atom. The highest BCUT2D eigenvalue weighted by Crippen LogP contribution is 2.35. The predicted molar refractivity (Wildman–Crippen MR) is 80.2 cm³/mol. The molecule has 5 nitrogen and oxygen atoms in total. The average molecular weight is 337 g/mol. The molecule has 0 radical (unpaired) electrons. The molecule has 2 heterocycles. The number of hydrogen-bond donors (Lipinski definition) is 1. The molecule has 0 aliphatic carbocycles. The van der Waals surface area contributed by atoms with Gasteiger partial charge in [-0.05, 0) is 36.8 Å². The van der Waals surface area contributed by atoms with Crippen LogP contribution in [0.4, 0.5) is 8.78 Å². The van der Waals surface area contributed by atoms with E-state index < -0.39 is 29.7 Å². The Hall–Kier alpha value is -2.25. The minimum absolute atomic E-state index is 0.0701. The van der Waals surface area contributed by atoms with Crippen molar-refractivity contribution in [2.24, 2.45) is 0 Å². The van der Waals surface area contributed by atoms with Crippen molar-refractivity contribution in [1.82, 2.24) is 4.90 Å². The van der Waals surface area contributed by atoms with Crippen molar-refractivity contribution in [3.63, 3.8) is 0 Å². The lowest BCUT2D eigenvalue weighted by Gasteiger charge is -2.23. The summed E-state index contributed by atoms with van der Waals surface area (Å²) in [5, 5.41) is 9.94. The topological polar surface area (TPSA) is 62.9 Å². The molecule has 0 bridgehead atoms. The molecule has 1 N–H and O–H groups in total. The van der Waals surface area contributed by atoms with Crippen LogP contribution in [-0.4, -0.2) is 35.7 Å². The summed E-state index contributed by atoms with van der Waals surface area (Å²) in [7, 11) is 1.25. The zero-order valence-corrected chi connectivity index (χ0v) is 13.0. The summed E-state index contributed by atoms with van der Waals surface area (Å²) in [6.45, 7) is 0.559. The molecule has 128 valence electrons. The third kappa shape index (κ3) is 3.32. The van der Waals surface area contributed by atoms with E-state index in [1.54, 1.807) is 11.0 Å². The van der Waals surface area contributed by atoms with Crippen LogP contribution in [0.3, 0.4) is 0 Å². The Balaban J connectivity index is 1.82. The number of benzene rings is 1. The number of ether oxygens (including phenoxy) is 1. The lowest BCUT2D eigenvalue weighted by Crippen LogP contribution is -2.24. The number of halogens is 2. The van der Waals surface area contributed by atoms with E-state index in [2.05, 4.69) is 4.74 Å². The number of β-amino-alcohol motifs (C(OH)–C–C–N with tert-alkyl or cyclic N) is 1. The van der Waals surface area contributed by atoms with Crippen LogP contribution in [0.5, 0.6) is 0 Å². The smallest absolute Gasteiger partial charge is 0.373 e. The molecule has 2 atom stereocenters. The first-order valence-electron chi connectivity index (χ1n) is 7.52. The van der Waals surface area contributed by atoms with Gasteiger partial charge in [0.05, 0.1) is 19.8 Å². The van der Waals surface area contributed by atoms with Crippen LogP contribution >= 0.6 is 0 Å². The minimum atomic E-state index is -0.646. The second-order valence-electron chi connectivity index (χ2n) is 5.76. The van der Waals surface area contributed by atoms with Crippen molar-refractivity contribution < 1.29 is 27.8 Å². The minimum Gasteiger partial charge on any atom is -0.463 e. The van der Waals surface area contributed by atoms with E-state index in [0.29, 0.717) is 18.7 Å². The summed E-state index contributed by atoms with van der Waals surface area (Å²) in [6.07, 6.45) is -0.349. The molecule has 2 unspecified atom stereocenters. The average Bonchev–Trinajstić information content (AvgIpc) is 3.16. The van der Waals surface area contributed by atoms with Crippen LogP contribution in [0, 0.1) is 11.6 Å². The van der Waals surface area contributed by atoms with Crippen molar-refractivity contribution in [3.8, 4) is 0 Å². The van der Waals surface area contributed by atoms with E-state index in [0.717, 1.165) is 18.2 Å². The zero-order chi connectivity index (χ0) is 17.3. The van der Waals surface area contributed by atoms with Gasteiger partial charge >= 0.3 is 5.97 Å². The van der Waals surface area contributed by atoms with Gasteiger partial charge in [-0.15, -0.1) is 0 Å². The van der Waals surface area contributed by atoms with Gasteiger partial charge in [-0.2, -0.15) is 0 Å². The molecule has 1 aromatic heterocycles. The highest BCUT2D eigenvalue weighted by Gasteiger charge is 2.34. The third-order valence-electron chi connectivity index (χ3n) is 4.11. The molecule has 0 amide bonds. The zero-order valence-electron chi connectivity index (χ0n) is 13.0. The molecule has 0 saturated carbocycles. The van der Waals surface area contributed by atoms with Crippen LogP contribution < -0.4 is 0 Å². The number of carbonyl (C=O) groups is 1. The number of likely N-dealkylation sites (tertiary alicyclic amines) is 1. The van der Waals surface area contributed by atoms with Crippen LogP contribution in [0.15, 0.2) is 34.7 Å². The number of hydrogen-bond acceptors (Lipinski definition) is 5. The number of carbonyl (C=O) groups excluding carboxylic acids is 1. The standard InChI is InChI=1S/C17H17F2NO4/c1-23-17(22)16-5-3-12(24-16)9-20-8-11(21)7-15(20)13-6-10(18)2-4-14(13)19/h2-6,11,15,21H,7-9H2,1H3. The fourth-order valence-electron chi connectivity index (χ4n) is 3.02. The molecule has 1 aliphatic heterocycles. The number of furan rings is 1. The number of aliphatic hydroxyl groups excluding tert-OH is 1. The molecule has 2 aromatic rings. The maximum atomic E-state index is 14.1. The molecular formula is C17H17F2NO4. The SMILES string of the molecule is COC(=O)c1ccc(CN2CC(O)CC2c2cc(F)ccc2F)o1. The largest absolute Gasteiger partial charge is 0.463 e. The van der Waals surface area contributed by atoms with Gasteiger partial charge in [0.15, 0.2) is 0 Å². The second kappa shape index (κ2) is 6.70. The maximum Gasteiger partial charge on any atom is 0.373 e. The lowest BCUT2D eigenvalue weighted by atomic mass is 10.0. The summed E-state index contributed by atoms with van der Waals surface area (Å²) >= 11 is 0. The summed E-state index contributed by atoms with van der Waals surface area (Å²) in [6, 6.07) is 5.93. The molecule has 3 rings (SSSR count). The monoisotopic (exact) mass is 337 g/mol. The first kappa shape index (κ1) is 16.6. The van der Waals surface area contributed by atoms with E-state index in [4.69, 9.17) is 4.42 Å². The van der Waals surface area contributed by atoms with E-state index in [1.165, 1.54) is 13.2 Å². The summed E-state index contributed by atoms with van der Waals surface area (Å²) in [5.41, 5.74) is 0.200. The first-order chi connectivity index (χ1) is 11.5. The van der Waals surface area contributed by atoms with Gasteiger partial charge in [0, 0.05) is 18.2 Å². The number of esters is 1. The highest BCUT2D eigenvalue weighted by molar-refractivity contribution is 5.86. The second-order valence-corrected chi connectivity index (χ2v) is 5.76. The molecule has 7 heteroatoms. The van der Waals surface area contributed by atoms with E-state index in [-0.39, 0.29) is 17.9 Å². The summed E-state index contributed by atoms with van der Waals surface area (Å²) in [5.74, 6) is -1.09. The van der Waals surface area contributed by atoms with Gasteiger partial charge in [0.1, 0.15) is 17.4 Å². The van der Waals surface area contributed by atoms with Crippen molar-refractivity contribution in [2.45, 2.75) is 25.1 Å². The summed E-state index contributed by atoms with van der Waals surface area (Å²) < 4.78 is 37.5. The van der Waals surface area contributed by atoms with Gasteiger partial charge in [0.2, 0.25) is 5.76 Å². The van der Waals surface area contributed by atoms with Crippen molar-refractivity contribution in [2.75, 3.05) is 13.7 Å². The number of nitrogens with zero attached hydrogens (tertiary/aromatic N) is 1. The Kier molecular flexibility index (Phi) is 4.64. The van der Waals surface area contributed by atoms with Crippen LogP contribution in [0.1, 0.15) is 34.3 Å². The Morgan fingerprint density at radius 2 is 2.17 bits per heavy atom. The normalized spacial score (nSPS) is 21.2. The van der Waals surface area contributed by atoms with Crippen molar-refractivity contribution in [1.29, 1.82) is 0 Å². The van der Waals surface area contributed by atoms with Gasteiger partial charge in [-0.1, -0.05) is 0 Å². The fraction of sp³-hybridized carbons (Fsp3) is 0.353. The van der Waals surface area contributed by atoms with E-state index >= 15 is 0 Å². The molecule has 1 aliphatic rings. The van der Waals surface area contributed by atoms with Crippen molar-refractivity contribution >= 4 is 5.97 Å². The highest BCUT2D eigenvalue weighted by atomic mass is 19.1. The number of rotatable bonds is 4.